The van der Waals surface area contributed by atoms with E-state index in [1.165, 1.54) is 6.92 Å². The third-order valence-electron chi connectivity index (χ3n) is 2.18. The van der Waals surface area contributed by atoms with Crippen molar-refractivity contribution in [1.29, 1.82) is 0 Å². The van der Waals surface area contributed by atoms with Crippen LogP contribution in [0.3, 0.4) is 0 Å². The molecule has 0 aliphatic carbocycles. The van der Waals surface area contributed by atoms with Gasteiger partial charge >= 0.3 is 5.97 Å². The van der Waals surface area contributed by atoms with Crippen LogP contribution in [0.2, 0.25) is 0 Å². The van der Waals surface area contributed by atoms with Gasteiger partial charge in [-0.3, -0.25) is 9.59 Å². The van der Waals surface area contributed by atoms with Crippen LogP contribution in [0.1, 0.15) is 46.0 Å². The molecule has 0 saturated carbocycles. The number of amides is 1. The summed E-state index contributed by atoms with van der Waals surface area (Å²) in [4.78, 5) is 32.3. The molecule has 0 aromatic heterocycles. The van der Waals surface area contributed by atoms with Gasteiger partial charge in [0, 0.05) is 12.8 Å². The van der Waals surface area contributed by atoms with Crippen molar-refractivity contribution in [2.75, 3.05) is 0 Å². The lowest BCUT2D eigenvalue weighted by molar-refractivity contribution is -0.141. The van der Waals surface area contributed by atoms with Gasteiger partial charge in [-0.05, 0) is 26.7 Å². The Bertz CT molecular complexity index is 263. The Balaban J connectivity index is 3.51. The highest BCUT2D eigenvalue weighted by Crippen LogP contribution is 2.03. The van der Waals surface area contributed by atoms with Crippen molar-refractivity contribution in [1.82, 2.24) is 5.32 Å². The molecule has 0 aromatic rings. The minimum absolute atomic E-state index is 0.156. The molecule has 0 heterocycles. The van der Waals surface area contributed by atoms with Crippen LogP contribution in [-0.2, 0) is 14.4 Å². The monoisotopic (exact) mass is 229 g/mol. The van der Waals surface area contributed by atoms with Gasteiger partial charge in [0.1, 0.15) is 11.8 Å². The van der Waals surface area contributed by atoms with Crippen LogP contribution in [0.4, 0.5) is 0 Å². The third kappa shape index (κ3) is 7.96. The van der Waals surface area contributed by atoms with Gasteiger partial charge in [0.15, 0.2) is 0 Å². The standard InChI is InChI=1S/C11H19NO4/c1-8(13)6-4-3-5-7-10(14)12-9(2)11(15)16/h9H,3-7H2,1-2H3,(H,12,14)(H,15,16)/t9-/m0/s1. The first kappa shape index (κ1) is 14.6. The average Bonchev–Trinajstić information content (AvgIpc) is 2.16. The maximum absolute atomic E-state index is 11.2. The Morgan fingerprint density at radius 1 is 1.12 bits per heavy atom. The molecule has 0 unspecified atom stereocenters. The second-order valence-corrected chi connectivity index (χ2v) is 3.89. The number of nitrogens with one attached hydrogen (secondary N) is 1. The summed E-state index contributed by atoms with van der Waals surface area (Å²) in [7, 11) is 0. The van der Waals surface area contributed by atoms with Crippen LogP contribution in [0.25, 0.3) is 0 Å². The van der Waals surface area contributed by atoms with Crippen LogP contribution < -0.4 is 5.32 Å². The van der Waals surface area contributed by atoms with Crippen molar-refractivity contribution < 1.29 is 19.5 Å². The van der Waals surface area contributed by atoms with Gasteiger partial charge in [0.2, 0.25) is 5.91 Å². The molecular weight excluding hydrogens is 210 g/mol. The number of ketones is 1. The Morgan fingerprint density at radius 2 is 1.69 bits per heavy atom. The summed E-state index contributed by atoms with van der Waals surface area (Å²) in [6.07, 6.45) is 3.15. The van der Waals surface area contributed by atoms with Gasteiger partial charge < -0.3 is 15.2 Å². The topological polar surface area (TPSA) is 83.5 Å². The fraction of sp³-hybridized carbons (Fsp3) is 0.727. The molecule has 5 nitrogen and oxygen atoms in total. The third-order valence-corrected chi connectivity index (χ3v) is 2.18. The van der Waals surface area contributed by atoms with E-state index in [0.29, 0.717) is 19.3 Å². The quantitative estimate of drug-likeness (QED) is 0.611. The Hall–Kier alpha value is -1.39. The number of hydrogen-bond donors (Lipinski definition) is 2. The second-order valence-electron chi connectivity index (χ2n) is 3.89. The van der Waals surface area contributed by atoms with Crippen LogP contribution in [0, 0.1) is 0 Å². The summed E-state index contributed by atoms with van der Waals surface area (Å²) in [5, 5.41) is 10.9. The number of unbranched alkanes of at least 4 members (excludes halogenated alkanes) is 2. The summed E-state index contributed by atoms with van der Waals surface area (Å²) in [6.45, 7) is 2.97. The van der Waals surface area contributed by atoms with E-state index in [2.05, 4.69) is 5.32 Å². The predicted molar refractivity (Wildman–Crippen MR) is 59.0 cm³/mol. The fourth-order valence-corrected chi connectivity index (χ4v) is 1.21. The molecular formula is C11H19NO4. The van der Waals surface area contributed by atoms with E-state index in [4.69, 9.17) is 5.11 Å². The van der Waals surface area contributed by atoms with Gasteiger partial charge in [0.05, 0.1) is 0 Å². The van der Waals surface area contributed by atoms with E-state index in [-0.39, 0.29) is 11.7 Å². The lowest BCUT2D eigenvalue weighted by Gasteiger charge is -2.08. The molecule has 0 radical (unpaired) electrons. The van der Waals surface area contributed by atoms with E-state index in [9.17, 15) is 14.4 Å². The van der Waals surface area contributed by atoms with Gasteiger partial charge in [0.25, 0.3) is 0 Å². The minimum Gasteiger partial charge on any atom is -0.480 e. The van der Waals surface area contributed by atoms with Crippen molar-refractivity contribution in [2.24, 2.45) is 0 Å². The van der Waals surface area contributed by atoms with Crippen molar-refractivity contribution in [3.05, 3.63) is 0 Å². The summed E-state index contributed by atoms with van der Waals surface area (Å²) >= 11 is 0. The molecule has 16 heavy (non-hydrogen) atoms. The number of aliphatic carboxylic acids is 1. The first-order chi connectivity index (χ1) is 7.43. The molecule has 0 aromatic carbocycles. The molecule has 0 bridgehead atoms. The lowest BCUT2D eigenvalue weighted by Crippen LogP contribution is -2.38. The number of carboxylic acids is 1. The number of Topliss-reactive ketones (excluding diaryl/α,β-unsaturated/α-hetero) is 1. The molecule has 0 rings (SSSR count). The SMILES string of the molecule is CC(=O)CCCCCC(=O)N[C@@H](C)C(=O)O. The molecule has 0 spiro atoms. The zero-order valence-electron chi connectivity index (χ0n) is 9.78. The first-order valence-corrected chi connectivity index (χ1v) is 5.45. The van der Waals surface area contributed by atoms with E-state index in [0.717, 1.165) is 12.8 Å². The maximum atomic E-state index is 11.2. The average molecular weight is 229 g/mol. The molecule has 2 N–H and O–H groups in total. The largest absolute Gasteiger partial charge is 0.480 e. The minimum atomic E-state index is -1.04. The number of carbonyl (C=O) groups is 3. The van der Waals surface area contributed by atoms with E-state index in [1.807, 2.05) is 0 Å². The molecule has 5 heteroatoms. The molecule has 0 aliphatic heterocycles. The molecule has 0 fully saturated rings. The van der Waals surface area contributed by atoms with Gasteiger partial charge in [-0.15, -0.1) is 0 Å². The van der Waals surface area contributed by atoms with Crippen LogP contribution >= 0.6 is 0 Å². The molecule has 1 amide bonds. The second kappa shape index (κ2) is 7.84. The van der Waals surface area contributed by atoms with E-state index >= 15 is 0 Å². The number of carbonyl (C=O) groups excluding carboxylic acids is 2. The normalized spacial score (nSPS) is 11.9. The number of hydrogen-bond acceptors (Lipinski definition) is 3. The van der Waals surface area contributed by atoms with Crippen molar-refractivity contribution in [3.8, 4) is 0 Å². The van der Waals surface area contributed by atoms with Gasteiger partial charge in [-0.25, -0.2) is 0 Å². The smallest absolute Gasteiger partial charge is 0.325 e. The van der Waals surface area contributed by atoms with E-state index < -0.39 is 12.0 Å². The van der Waals surface area contributed by atoms with Crippen molar-refractivity contribution >= 4 is 17.7 Å². The highest BCUT2D eigenvalue weighted by molar-refractivity contribution is 5.83. The van der Waals surface area contributed by atoms with Crippen molar-refractivity contribution in [2.45, 2.75) is 52.0 Å². The molecule has 92 valence electrons. The molecule has 0 aliphatic rings. The summed E-state index contributed by atoms with van der Waals surface area (Å²) in [5.74, 6) is -1.13. The zero-order chi connectivity index (χ0) is 12.6. The Morgan fingerprint density at radius 3 is 2.19 bits per heavy atom. The summed E-state index contributed by atoms with van der Waals surface area (Å²) in [5.41, 5.74) is 0. The van der Waals surface area contributed by atoms with Crippen LogP contribution in [0.5, 0.6) is 0 Å². The van der Waals surface area contributed by atoms with Crippen molar-refractivity contribution in [3.63, 3.8) is 0 Å². The van der Waals surface area contributed by atoms with Gasteiger partial charge in [-0.1, -0.05) is 6.42 Å². The van der Waals surface area contributed by atoms with Crippen LogP contribution in [-0.4, -0.2) is 28.8 Å². The number of carboxylic acid groups (broad SMARTS) is 1. The predicted octanol–water partition coefficient (Wildman–Crippen LogP) is 1.12. The van der Waals surface area contributed by atoms with E-state index in [1.54, 1.807) is 6.92 Å². The summed E-state index contributed by atoms with van der Waals surface area (Å²) < 4.78 is 0. The lowest BCUT2D eigenvalue weighted by atomic mass is 10.1. The Labute approximate surface area is 95.2 Å². The highest BCUT2D eigenvalue weighted by Gasteiger charge is 2.12. The highest BCUT2D eigenvalue weighted by atomic mass is 16.4. The van der Waals surface area contributed by atoms with Crippen LogP contribution in [0.15, 0.2) is 0 Å². The molecule has 0 saturated heterocycles. The first-order valence-electron chi connectivity index (χ1n) is 5.45. The zero-order valence-corrected chi connectivity index (χ0v) is 9.78. The molecule has 1 atom stereocenters. The summed E-state index contributed by atoms with van der Waals surface area (Å²) in [6, 6.07) is -0.843. The number of rotatable bonds is 8. The maximum Gasteiger partial charge on any atom is 0.325 e. The Kier molecular flexibility index (Phi) is 7.16. The van der Waals surface area contributed by atoms with Gasteiger partial charge in [-0.2, -0.15) is 0 Å². The fourth-order valence-electron chi connectivity index (χ4n) is 1.21.